The molecule has 204 valence electrons. The van der Waals surface area contributed by atoms with Crippen LogP contribution in [-0.2, 0) is 0 Å². The molecule has 2 aromatic carbocycles. The van der Waals surface area contributed by atoms with Gasteiger partial charge in [0.1, 0.15) is 11.3 Å². The van der Waals surface area contributed by atoms with Gasteiger partial charge in [-0.1, -0.05) is 89.1 Å². The van der Waals surface area contributed by atoms with Gasteiger partial charge >= 0.3 is 11.6 Å². The largest absolute Gasteiger partial charge is 0.493 e. The molecule has 0 aliphatic heterocycles. The summed E-state index contributed by atoms with van der Waals surface area (Å²) >= 11 is 0. The fourth-order valence-electron chi connectivity index (χ4n) is 4.12. The van der Waals surface area contributed by atoms with Crippen molar-refractivity contribution in [2.45, 2.75) is 78.1 Å². The standard InChI is InChI=1S/C32H40O6/c1-3-5-7-9-10-11-12-17-23-36-30-29(38-31(33)25-18-14-13-15-19-25)27-21-20-26(24-28(27)37-32(30)34)35-22-16-8-6-4-2/h6,8,13-15,18-21,24H,3-5,7,9-12,16-17,22-23H2,1-2H3/b8-6+. The third kappa shape index (κ3) is 9.09. The van der Waals surface area contributed by atoms with Crippen molar-refractivity contribution in [1.29, 1.82) is 0 Å². The number of hydrogen-bond acceptors (Lipinski definition) is 6. The summed E-state index contributed by atoms with van der Waals surface area (Å²) in [5.41, 5.74) is -0.0363. The maximum Gasteiger partial charge on any atom is 0.383 e. The molecule has 0 bridgehead atoms. The molecule has 0 aliphatic carbocycles. The van der Waals surface area contributed by atoms with Gasteiger partial charge in [-0.3, -0.25) is 0 Å². The van der Waals surface area contributed by atoms with E-state index < -0.39 is 11.6 Å². The lowest BCUT2D eigenvalue weighted by Crippen LogP contribution is -2.15. The molecule has 0 atom stereocenters. The van der Waals surface area contributed by atoms with Crippen molar-refractivity contribution in [1.82, 2.24) is 0 Å². The van der Waals surface area contributed by atoms with E-state index >= 15 is 0 Å². The van der Waals surface area contributed by atoms with Gasteiger partial charge in [-0.25, -0.2) is 9.59 Å². The van der Waals surface area contributed by atoms with Crippen molar-refractivity contribution in [3.8, 4) is 17.2 Å². The number of carbonyl (C=O) groups excluding carboxylic acids is 1. The summed E-state index contributed by atoms with van der Waals surface area (Å²) in [4.78, 5) is 25.8. The summed E-state index contributed by atoms with van der Waals surface area (Å²) < 4.78 is 23.0. The average molecular weight is 521 g/mol. The Morgan fingerprint density at radius 2 is 1.55 bits per heavy atom. The predicted octanol–water partition coefficient (Wildman–Crippen LogP) is 8.27. The molecule has 0 saturated heterocycles. The molecule has 1 aromatic heterocycles. The number of esters is 1. The number of allylic oxidation sites excluding steroid dienone is 1. The molecular formula is C32H40O6. The summed E-state index contributed by atoms with van der Waals surface area (Å²) in [6.45, 7) is 5.14. The Bertz CT molecular complexity index is 1210. The van der Waals surface area contributed by atoms with Gasteiger partial charge in [-0.05, 0) is 43.5 Å². The summed E-state index contributed by atoms with van der Waals surface area (Å²) in [7, 11) is 0. The smallest absolute Gasteiger partial charge is 0.383 e. The van der Waals surface area contributed by atoms with Crippen molar-refractivity contribution < 1.29 is 23.4 Å². The fourth-order valence-corrected chi connectivity index (χ4v) is 4.12. The summed E-state index contributed by atoms with van der Waals surface area (Å²) in [6.07, 6.45) is 15.1. The second-order valence-electron chi connectivity index (χ2n) is 9.30. The highest BCUT2D eigenvalue weighted by Crippen LogP contribution is 2.35. The zero-order valence-electron chi connectivity index (χ0n) is 22.7. The lowest BCUT2D eigenvalue weighted by atomic mass is 10.1. The number of unbranched alkanes of at least 4 members (excludes halogenated alkanes) is 7. The maximum atomic E-state index is 12.9. The van der Waals surface area contributed by atoms with E-state index in [1.54, 1.807) is 42.5 Å². The minimum absolute atomic E-state index is 0.0714. The number of rotatable bonds is 17. The lowest BCUT2D eigenvalue weighted by Gasteiger charge is -2.13. The van der Waals surface area contributed by atoms with Gasteiger partial charge in [0.2, 0.25) is 5.75 Å². The molecule has 6 heteroatoms. The summed E-state index contributed by atoms with van der Waals surface area (Å²) in [5.74, 6) is -0.0128. The van der Waals surface area contributed by atoms with Gasteiger partial charge < -0.3 is 18.6 Å². The van der Waals surface area contributed by atoms with Gasteiger partial charge in [-0.2, -0.15) is 0 Å². The van der Waals surface area contributed by atoms with Crippen molar-refractivity contribution in [2.75, 3.05) is 13.2 Å². The van der Waals surface area contributed by atoms with E-state index in [2.05, 4.69) is 26.0 Å². The van der Waals surface area contributed by atoms with E-state index in [0.29, 0.717) is 29.9 Å². The van der Waals surface area contributed by atoms with Crippen LogP contribution >= 0.6 is 0 Å². The van der Waals surface area contributed by atoms with Crippen molar-refractivity contribution in [2.24, 2.45) is 0 Å². The Morgan fingerprint density at radius 1 is 0.816 bits per heavy atom. The molecule has 0 fully saturated rings. The number of hydrogen-bond donors (Lipinski definition) is 0. The van der Waals surface area contributed by atoms with E-state index in [1.807, 2.05) is 6.07 Å². The molecule has 3 rings (SSSR count). The SMILES string of the molecule is CC/C=C/CCOc1ccc2c(OC(=O)c3ccccc3)c(OCCCCCCCCCC)c(=O)oc2c1. The summed E-state index contributed by atoms with van der Waals surface area (Å²) in [6, 6.07) is 13.8. The normalized spacial score (nSPS) is 11.2. The van der Waals surface area contributed by atoms with Crippen LogP contribution in [0.4, 0.5) is 0 Å². The van der Waals surface area contributed by atoms with Gasteiger partial charge in [0.15, 0.2) is 5.75 Å². The van der Waals surface area contributed by atoms with Crippen molar-refractivity contribution in [3.05, 3.63) is 76.7 Å². The molecule has 0 aliphatic rings. The van der Waals surface area contributed by atoms with Gasteiger partial charge in [0.05, 0.1) is 24.2 Å². The molecule has 6 nitrogen and oxygen atoms in total. The number of fused-ring (bicyclic) bond motifs is 1. The van der Waals surface area contributed by atoms with Crippen LogP contribution in [0.1, 0.15) is 88.4 Å². The fraction of sp³-hybridized carbons (Fsp3) is 0.438. The van der Waals surface area contributed by atoms with Crippen LogP contribution in [-0.4, -0.2) is 19.2 Å². The van der Waals surface area contributed by atoms with Crippen molar-refractivity contribution in [3.63, 3.8) is 0 Å². The topological polar surface area (TPSA) is 75.0 Å². The number of benzene rings is 2. The zero-order valence-corrected chi connectivity index (χ0v) is 22.7. The highest BCUT2D eigenvalue weighted by Gasteiger charge is 2.22. The Labute approximate surface area is 225 Å². The number of carbonyl (C=O) groups is 1. The van der Waals surface area contributed by atoms with Crippen LogP contribution < -0.4 is 19.8 Å². The second-order valence-corrected chi connectivity index (χ2v) is 9.30. The van der Waals surface area contributed by atoms with E-state index in [-0.39, 0.29) is 17.1 Å². The van der Waals surface area contributed by atoms with Crippen LogP contribution in [0.2, 0.25) is 0 Å². The highest BCUT2D eigenvalue weighted by atomic mass is 16.6. The van der Waals surface area contributed by atoms with E-state index in [0.717, 1.165) is 32.1 Å². The third-order valence-electron chi connectivity index (χ3n) is 6.20. The van der Waals surface area contributed by atoms with Crippen LogP contribution in [0, 0.1) is 0 Å². The first-order chi connectivity index (χ1) is 18.6. The Balaban J connectivity index is 1.75. The molecular weight excluding hydrogens is 480 g/mol. The quantitative estimate of drug-likeness (QED) is 0.0772. The predicted molar refractivity (Wildman–Crippen MR) is 152 cm³/mol. The van der Waals surface area contributed by atoms with Crippen LogP contribution in [0.15, 0.2) is 69.9 Å². The Kier molecular flexibility index (Phi) is 12.5. The Morgan fingerprint density at radius 3 is 2.29 bits per heavy atom. The van der Waals surface area contributed by atoms with Crippen LogP contribution in [0.25, 0.3) is 11.0 Å². The lowest BCUT2D eigenvalue weighted by molar-refractivity contribution is 0.0729. The van der Waals surface area contributed by atoms with E-state index in [9.17, 15) is 9.59 Å². The first kappa shape index (κ1) is 29.0. The third-order valence-corrected chi connectivity index (χ3v) is 6.20. The van der Waals surface area contributed by atoms with Crippen LogP contribution in [0.3, 0.4) is 0 Å². The second kappa shape index (κ2) is 16.3. The van der Waals surface area contributed by atoms with Gasteiger partial charge in [-0.15, -0.1) is 0 Å². The minimum Gasteiger partial charge on any atom is -0.493 e. The molecule has 0 amide bonds. The summed E-state index contributed by atoms with van der Waals surface area (Å²) in [5, 5.41) is 0.470. The molecule has 1 heterocycles. The average Bonchev–Trinajstić information content (AvgIpc) is 2.93. The first-order valence-electron chi connectivity index (χ1n) is 13.9. The maximum absolute atomic E-state index is 12.9. The highest BCUT2D eigenvalue weighted by molar-refractivity contribution is 5.95. The van der Waals surface area contributed by atoms with E-state index in [4.69, 9.17) is 18.6 Å². The monoisotopic (exact) mass is 520 g/mol. The van der Waals surface area contributed by atoms with Crippen molar-refractivity contribution >= 4 is 16.9 Å². The van der Waals surface area contributed by atoms with Gasteiger partial charge in [0, 0.05) is 6.07 Å². The van der Waals surface area contributed by atoms with Crippen LogP contribution in [0.5, 0.6) is 17.2 Å². The Hall–Kier alpha value is -3.54. The molecule has 0 saturated carbocycles. The zero-order chi connectivity index (χ0) is 27.0. The molecule has 0 unspecified atom stereocenters. The van der Waals surface area contributed by atoms with Gasteiger partial charge in [0.25, 0.3) is 0 Å². The number of ether oxygens (including phenoxy) is 3. The molecule has 0 radical (unpaired) electrons. The molecule has 3 aromatic rings. The molecule has 38 heavy (non-hydrogen) atoms. The molecule has 0 N–H and O–H groups in total. The van der Waals surface area contributed by atoms with E-state index in [1.165, 1.54) is 32.1 Å². The minimum atomic E-state index is -0.684. The first-order valence-corrected chi connectivity index (χ1v) is 13.9. The molecule has 0 spiro atoms.